The van der Waals surface area contributed by atoms with Gasteiger partial charge in [-0.3, -0.25) is 4.79 Å². The highest BCUT2D eigenvalue weighted by molar-refractivity contribution is 8.11. The van der Waals surface area contributed by atoms with Crippen molar-refractivity contribution < 1.29 is 14.3 Å². The molecule has 1 rings (SSSR count). The lowest BCUT2D eigenvalue weighted by atomic mass is 10.2. The molecular formula is C14H19N2O3S. The molecule has 1 aromatic rings. The Kier molecular flexibility index (Phi) is 6.04. The van der Waals surface area contributed by atoms with Crippen molar-refractivity contribution in [3.63, 3.8) is 0 Å². The van der Waals surface area contributed by atoms with Gasteiger partial charge in [0.15, 0.2) is 0 Å². The van der Waals surface area contributed by atoms with E-state index in [1.807, 2.05) is 0 Å². The number of amides is 1. The molecule has 0 spiro atoms. The Morgan fingerprint density at radius 1 is 1.25 bits per heavy atom. The third-order valence-corrected chi connectivity index (χ3v) is 2.55. The van der Waals surface area contributed by atoms with Gasteiger partial charge in [-0.1, -0.05) is 12.1 Å². The van der Waals surface area contributed by atoms with Crippen molar-refractivity contribution in [1.29, 1.82) is 0 Å². The van der Waals surface area contributed by atoms with Crippen LogP contribution in [0.5, 0.6) is 0 Å². The van der Waals surface area contributed by atoms with Crippen LogP contribution in [-0.2, 0) is 9.53 Å². The van der Waals surface area contributed by atoms with Crippen molar-refractivity contribution in [3.05, 3.63) is 36.8 Å². The lowest BCUT2D eigenvalue weighted by Gasteiger charge is -2.18. The largest absolute Gasteiger partial charge is 0.451 e. The van der Waals surface area contributed by atoms with Gasteiger partial charge in [0.1, 0.15) is 5.60 Å². The van der Waals surface area contributed by atoms with Crippen LogP contribution >= 0.6 is 11.9 Å². The summed E-state index contributed by atoms with van der Waals surface area (Å²) in [4.78, 5) is 23.0. The standard InChI is InChI=1S/C14H19N2O3S/c1-10-5-7-11(8-6-10)16-12(17)9-15-20-13(18)19-14(2,3)4/h5-8,15H,1,9H2,2-4H3,(H,16,17). The van der Waals surface area contributed by atoms with Crippen LogP contribution in [0.2, 0.25) is 0 Å². The zero-order valence-electron chi connectivity index (χ0n) is 11.9. The van der Waals surface area contributed by atoms with E-state index in [1.54, 1.807) is 45.0 Å². The van der Waals surface area contributed by atoms with Crippen LogP contribution in [0.4, 0.5) is 10.5 Å². The fourth-order valence-electron chi connectivity index (χ4n) is 1.22. The number of rotatable bonds is 4. The third-order valence-electron chi connectivity index (χ3n) is 2.02. The predicted molar refractivity (Wildman–Crippen MR) is 81.4 cm³/mol. The second-order valence-corrected chi connectivity index (χ2v) is 5.96. The Bertz CT molecular complexity index is 466. The maximum absolute atomic E-state index is 11.6. The first-order chi connectivity index (χ1) is 9.26. The number of nitrogens with one attached hydrogen (secondary N) is 2. The summed E-state index contributed by atoms with van der Waals surface area (Å²) >= 11 is 0.763. The van der Waals surface area contributed by atoms with Gasteiger partial charge >= 0.3 is 5.30 Å². The molecule has 0 aliphatic heterocycles. The van der Waals surface area contributed by atoms with E-state index in [4.69, 9.17) is 4.74 Å². The Hall–Kier alpha value is -1.53. The number of benzene rings is 1. The molecule has 0 unspecified atom stereocenters. The average molecular weight is 295 g/mol. The molecule has 2 N–H and O–H groups in total. The maximum Gasteiger partial charge on any atom is 0.383 e. The van der Waals surface area contributed by atoms with E-state index in [2.05, 4.69) is 17.0 Å². The fourth-order valence-corrected chi connectivity index (χ4v) is 1.84. The van der Waals surface area contributed by atoms with E-state index in [-0.39, 0.29) is 12.5 Å². The van der Waals surface area contributed by atoms with Crippen molar-refractivity contribution in [3.8, 4) is 0 Å². The van der Waals surface area contributed by atoms with Crippen LogP contribution in [0.3, 0.4) is 0 Å². The van der Waals surface area contributed by atoms with Crippen LogP contribution in [0.15, 0.2) is 24.3 Å². The smallest absolute Gasteiger partial charge is 0.383 e. The second kappa shape index (κ2) is 7.31. The summed E-state index contributed by atoms with van der Waals surface area (Å²) in [5.74, 6) is -0.238. The summed E-state index contributed by atoms with van der Waals surface area (Å²) in [5, 5.41) is 2.23. The lowest BCUT2D eigenvalue weighted by molar-refractivity contribution is -0.115. The SMILES string of the molecule is [CH2]c1ccc(NC(=O)CNSC(=O)OC(C)(C)C)cc1. The van der Waals surface area contributed by atoms with Crippen LogP contribution in [0.25, 0.3) is 0 Å². The molecule has 6 heteroatoms. The molecule has 0 aliphatic carbocycles. The number of carbonyl (C=O) groups excluding carboxylic acids is 2. The zero-order chi connectivity index (χ0) is 15.2. The number of carbonyl (C=O) groups is 2. The molecule has 0 saturated carbocycles. The molecule has 20 heavy (non-hydrogen) atoms. The highest BCUT2D eigenvalue weighted by Gasteiger charge is 2.16. The molecule has 0 bridgehead atoms. The average Bonchev–Trinajstić information content (AvgIpc) is 2.29. The van der Waals surface area contributed by atoms with E-state index >= 15 is 0 Å². The van der Waals surface area contributed by atoms with Gasteiger partial charge in [-0.05, 0) is 45.4 Å². The van der Waals surface area contributed by atoms with E-state index in [1.165, 1.54) is 0 Å². The van der Waals surface area contributed by atoms with Crippen molar-refractivity contribution in [2.75, 3.05) is 11.9 Å². The van der Waals surface area contributed by atoms with Crippen LogP contribution < -0.4 is 10.0 Å². The molecule has 5 nitrogen and oxygen atoms in total. The van der Waals surface area contributed by atoms with Crippen LogP contribution in [-0.4, -0.2) is 23.4 Å². The first kappa shape index (κ1) is 16.5. The summed E-state index contributed by atoms with van der Waals surface area (Å²) in [5.41, 5.74) is 1.03. The van der Waals surface area contributed by atoms with Gasteiger partial charge in [0.05, 0.1) is 6.54 Å². The summed E-state index contributed by atoms with van der Waals surface area (Å²) in [6.07, 6.45) is 0. The Morgan fingerprint density at radius 2 is 1.85 bits per heavy atom. The van der Waals surface area contributed by atoms with Gasteiger partial charge in [-0.2, -0.15) is 0 Å². The van der Waals surface area contributed by atoms with Gasteiger partial charge in [-0.15, -0.1) is 0 Å². The summed E-state index contributed by atoms with van der Waals surface area (Å²) in [6.45, 7) is 9.12. The normalized spacial score (nSPS) is 11.0. The quantitative estimate of drug-likeness (QED) is 0.660. The second-order valence-electron chi connectivity index (χ2n) is 5.13. The monoisotopic (exact) mass is 295 g/mol. The molecule has 0 aromatic heterocycles. The molecule has 1 radical (unpaired) electrons. The van der Waals surface area contributed by atoms with E-state index < -0.39 is 10.9 Å². The van der Waals surface area contributed by atoms with Crippen LogP contribution in [0.1, 0.15) is 26.3 Å². The highest BCUT2D eigenvalue weighted by Crippen LogP contribution is 2.12. The first-order valence-corrected chi connectivity index (χ1v) is 6.92. The molecule has 0 saturated heterocycles. The molecule has 0 aliphatic rings. The van der Waals surface area contributed by atoms with Crippen molar-refractivity contribution in [2.24, 2.45) is 0 Å². The van der Waals surface area contributed by atoms with E-state index in [0.717, 1.165) is 17.5 Å². The van der Waals surface area contributed by atoms with Crippen molar-refractivity contribution >= 4 is 28.8 Å². The van der Waals surface area contributed by atoms with Gasteiger partial charge in [-0.25, -0.2) is 9.52 Å². The minimum absolute atomic E-state index is 0.00996. The molecule has 0 fully saturated rings. The van der Waals surface area contributed by atoms with Crippen molar-refractivity contribution in [2.45, 2.75) is 26.4 Å². The maximum atomic E-state index is 11.6. The Labute approximate surface area is 123 Å². The minimum Gasteiger partial charge on any atom is -0.451 e. The van der Waals surface area contributed by atoms with Gasteiger partial charge in [0, 0.05) is 17.6 Å². The lowest BCUT2D eigenvalue weighted by Crippen LogP contribution is -2.27. The molecule has 0 heterocycles. The minimum atomic E-state index is -0.538. The molecular weight excluding hydrogens is 276 g/mol. The number of anilines is 1. The first-order valence-electron chi connectivity index (χ1n) is 6.11. The topological polar surface area (TPSA) is 67.4 Å². The Balaban J connectivity index is 2.27. The van der Waals surface area contributed by atoms with E-state index in [9.17, 15) is 9.59 Å². The summed E-state index contributed by atoms with van der Waals surface area (Å²) in [7, 11) is 0. The number of ether oxygens (including phenoxy) is 1. The zero-order valence-corrected chi connectivity index (χ0v) is 12.7. The van der Waals surface area contributed by atoms with E-state index in [0.29, 0.717) is 5.69 Å². The number of hydrogen-bond acceptors (Lipinski definition) is 5. The molecule has 0 atom stereocenters. The molecule has 1 aromatic carbocycles. The fraction of sp³-hybridized carbons (Fsp3) is 0.357. The number of hydrogen-bond donors (Lipinski definition) is 2. The van der Waals surface area contributed by atoms with Crippen LogP contribution in [0, 0.1) is 6.92 Å². The summed E-state index contributed by atoms with van der Waals surface area (Å²) < 4.78 is 7.73. The van der Waals surface area contributed by atoms with Crippen molar-refractivity contribution in [1.82, 2.24) is 4.72 Å². The van der Waals surface area contributed by atoms with Gasteiger partial charge in [0.2, 0.25) is 5.91 Å². The summed E-state index contributed by atoms with van der Waals surface area (Å²) in [6, 6.07) is 7.14. The molecule has 109 valence electrons. The van der Waals surface area contributed by atoms with Gasteiger partial charge in [0.25, 0.3) is 0 Å². The third kappa shape index (κ3) is 7.16. The highest BCUT2D eigenvalue weighted by atomic mass is 32.2. The van der Waals surface area contributed by atoms with Gasteiger partial charge < -0.3 is 10.1 Å². The predicted octanol–water partition coefficient (Wildman–Crippen LogP) is 2.98. The Morgan fingerprint density at radius 3 is 2.40 bits per heavy atom. The molecule has 1 amide bonds.